The Kier molecular flexibility index (Phi) is 6.54. The lowest BCUT2D eigenvalue weighted by atomic mass is 10.2. The average molecular weight is 398 g/mol. The highest BCUT2D eigenvalue weighted by Crippen LogP contribution is 2.32. The largest absolute Gasteiger partial charge is 0.496 e. The molecule has 1 atom stereocenters. The molecule has 1 amide bonds. The summed E-state index contributed by atoms with van der Waals surface area (Å²) in [5.41, 5.74) is 0.834. The molecule has 8 heteroatoms. The van der Waals surface area contributed by atoms with Crippen LogP contribution in [-0.2, 0) is 17.9 Å². The molecule has 2 aromatic heterocycles. The van der Waals surface area contributed by atoms with Gasteiger partial charge in [0.05, 0.1) is 30.7 Å². The zero-order chi connectivity index (χ0) is 19.9. The first-order valence-electron chi connectivity index (χ1n) is 8.78. The normalized spacial score (nSPS) is 11.8. The number of ether oxygens (including phenoxy) is 1. The smallest absolute Gasteiger partial charge is 0.233 e. The Hall–Kier alpha value is -3.00. The number of nitrogens with one attached hydrogen (secondary N) is 1. The number of aromatic nitrogens is 3. The van der Waals surface area contributed by atoms with Crippen LogP contribution in [0.5, 0.6) is 5.75 Å². The fourth-order valence-corrected chi connectivity index (χ4v) is 3.52. The topological polar surface area (TPSA) is 82.2 Å². The number of thioether (sulfide) groups is 1. The highest BCUT2D eigenvalue weighted by atomic mass is 32.2. The van der Waals surface area contributed by atoms with Crippen LogP contribution >= 0.6 is 11.8 Å². The molecule has 0 aliphatic rings. The number of rotatable bonds is 9. The first-order chi connectivity index (χ1) is 13.6. The van der Waals surface area contributed by atoms with Crippen LogP contribution in [0, 0.1) is 0 Å². The van der Waals surface area contributed by atoms with Gasteiger partial charge in [0.25, 0.3) is 0 Å². The predicted octanol–water partition coefficient (Wildman–Crippen LogP) is 3.53. The molecule has 7 nitrogen and oxygen atoms in total. The van der Waals surface area contributed by atoms with E-state index in [9.17, 15) is 4.79 Å². The van der Waals surface area contributed by atoms with E-state index in [0.717, 1.165) is 5.56 Å². The number of methoxy groups -OCH3 is 1. The Morgan fingerprint density at radius 1 is 1.36 bits per heavy atom. The molecule has 3 aromatic rings. The van der Waals surface area contributed by atoms with Crippen molar-refractivity contribution in [2.45, 2.75) is 30.4 Å². The van der Waals surface area contributed by atoms with Gasteiger partial charge in [0.15, 0.2) is 11.0 Å². The Bertz CT molecular complexity index is 937. The molecule has 0 radical (unpaired) electrons. The molecule has 146 valence electrons. The minimum atomic E-state index is -0.353. The summed E-state index contributed by atoms with van der Waals surface area (Å²) < 4.78 is 12.6. The van der Waals surface area contributed by atoms with Crippen molar-refractivity contribution >= 4 is 17.7 Å². The van der Waals surface area contributed by atoms with Gasteiger partial charge >= 0.3 is 0 Å². The van der Waals surface area contributed by atoms with Gasteiger partial charge in [-0.2, -0.15) is 0 Å². The summed E-state index contributed by atoms with van der Waals surface area (Å²) in [5.74, 6) is 1.98. The second-order valence-electron chi connectivity index (χ2n) is 5.96. The molecule has 3 rings (SSSR count). The van der Waals surface area contributed by atoms with Crippen molar-refractivity contribution in [2.24, 2.45) is 0 Å². The van der Waals surface area contributed by atoms with Crippen LogP contribution in [0.15, 0.2) is 64.9 Å². The molecule has 0 spiro atoms. The first-order valence-corrected chi connectivity index (χ1v) is 9.66. The van der Waals surface area contributed by atoms with Crippen LogP contribution in [-0.4, -0.2) is 33.0 Å². The Morgan fingerprint density at radius 3 is 2.89 bits per heavy atom. The molecule has 0 fully saturated rings. The van der Waals surface area contributed by atoms with Crippen molar-refractivity contribution in [1.82, 2.24) is 20.1 Å². The number of carbonyl (C=O) groups excluding carboxylic acids is 1. The molecule has 0 saturated carbocycles. The number of hydrogen-bond donors (Lipinski definition) is 1. The van der Waals surface area contributed by atoms with Gasteiger partial charge in [-0.1, -0.05) is 30.0 Å². The van der Waals surface area contributed by atoms with Crippen molar-refractivity contribution in [3.05, 3.63) is 61.1 Å². The maximum absolute atomic E-state index is 12.4. The number of para-hydroxylation sites is 1. The number of allylic oxidation sites excluding steroid dienone is 1. The molecular formula is C20H22N4O3S. The van der Waals surface area contributed by atoms with Gasteiger partial charge < -0.3 is 14.5 Å². The standard InChI is InChI=1S/C20H22N4O3S/c1-4-11-24-18(16-9-5-6-10-17(16)26-3)22-23-20(24)28-14(2)19(25)21-13-15-8-7-12-27-15/h4-10,12,14H,1,11,13H2,2-3H3,(H,21,25)/t14-/m0/s1. The number of carbonyl (C=O) groups is 1. The van der Waals surface area contributed by atoms with E-state index in [4.69, 9.17) is 9.15 Å². The summed E-state index contributed by atoms with van der Waals surface area (Å²) in [6, 6.07) is 11.2. The molecule has 0 bridgehead atoms. The van der Waals surface area contributed by atoms with Gasteiger partial charge in [0.1, 0.15) is 11.5 Å². The third-order valence-electron chi connectivity index (χ3n) is 4.04. The highest BCUT2D eigenvalue weighted by molar-refractivity contribution is 8.00. The summed E-state index contributed by atoms with van der Waals surface area (Å²) >= 11 is 1.34. The van der Waals surface area contributed by atoms with Crippen molar-refractivity contribution in [2.75, 3.05) is 7.11 Å². The van der Waals surface area contributed by atoms with Crippen LogP contribution in [0.1, 0.15) is 12.7 Å². The molecule has 0 aliphatic carbocycles. The molecule has 2 heterocycles. The molecule has 0 aliphatic heterocycles. The van der Waals surface area contributed by atoms with Crippen LogP contribution in [0.25, 0.3) is 11.4 Å². The van der Waals surface area contributed by atoms with E-state index in [1.54, 1.807) is 25.5 Å². The Labute approximate surface area is 167 Å². The van der Waals surface area contributed by atoms with Crippen molar-refractivity contribution in [3.63, 3.8) is 0 Å². The van der Waals surface area contributed by atoms with E-state index in [-0.39, 0.29) is 11.2 Å². The van der Waals surface area contributed by atoms with Crippen LogP contribution in [0.4, 0.5) is 0 Å². The van der Waals surface area contributed by atoms with Crippen molar-refractivity contribution < 1.29 is 13.9 Å². The predicted molar refractivity (Wildman–Crippen MR) is 108 cm³/mol. The van der Waals surface area contributed by atoms with E-state index in [2.05, 4.69) is 22.1 Å². The minimum absolute atomic E-state index is 0.103. The zero-order valence-corrected chi connectivity index (χ0v) is 16.6. The van der Waals surface area contributed by atoms with Gasteiger partial charge in [-0.25, -0.2) is 0 Å². The molecule has 0 saturated heterocycles. The zero-order valence-electron chi connectivity index (χ0n) is 15.8. The van der Waals surface area contributed by atoms with E-state index in [1.807, 2.05) is 41.8 Å². The Balaban J connectivity index is 1.77. The summed E-state index contributed by atoms with van der Waals surface area (Å²) in [6.07, 6.45) is 3.35. The number of amides is 1. The maximum atomic E-state index is 12.4. The lowest BCUT2D eigenvalue weighted by molar-refractivity contribution is -0.120. The quantitative estimate of drug-likeness (QED) is 0.439. The lowest BCUT2D eigenvalue weighted by Gasteiger charge is -2.13. The molecule has 1 aromatic carbocycles. The number of nitrogens with zero attached hydrogens (tertiary/aromatic N) is 3. The van der Waals surface area contributed by atoms with Gasteiger partial charge in [0, 0.05) is 6.54 Å². The Morgan fingerprint density at radius 2 is 2.18 bits per heavy atom. The van der Waals surface area contributed by atoms with Gasteiger partial charge in [0.2, 0.25) is 5.91 Å². The van der Waals surface area contributed by atoms with Gasteiger partial charge in [-0.05, 0) is 31.2 Å². The van der Waals surface area contributed by atoms with Crippen LogP contribution < -0.4 is 10.1 Å². The first kappa shape index (κ1) is 19.8. The third kappa shape index (κ3) is 4.45. The van der Waals surface area contributed by atoms with E-state index in [1.165, 1.54) is 11.8 Å². The second kappa shape index (κ2) is 9.27. The van der Waals surface area contributed by atoms with Crippen molar-refractivity contribution in [3.8, 4) is 17.1 Å². The van der Waals surface area contributed by atoms with E-state index >= 15 is 0 Å². The SMILES string of the molecule is C=CCn1c(S[C@@H](C)C(=O)NCc2ccco2)nnc1-c1ccccc1OC. The average Bonchev–Trinajstić information content (AvgIpc) is 3.37. The molecule has 28 heavy (non-hydrogen) atoms. The van der Waals surface area contributed by atoms with Crippen molar-refractivity contribution in [1.29, 1.82) is 0 Å². The van der Waals surface area contributed by atoms with Crippen LogP contribution in [0.2, 0.25) is 0 Å². The fraction of sp³-hybridized carbons (Fsp3) is 0.250. The number of benzene rings is 1. The summed E-state index contributed by atoms with van der Waals surface area (Å²) in [4.78, 5) is 12.4. The molecular weight excluding hydrogens is 376 g/mol. The maximum Gasteiger partial charge on any atom is 0.233 e. The van der Waals surface area contributed by atoms with Gasteiger partial charge in [-0.3, -0.25) is 9.36 Å². The second-order valence-corrected chi connectivity index (χ2v) is 7.27. The third-order valence-corrected chi connectivity index (χ3v) is 5.13. The summed E-state index contributed by atoms with van der Waals surface area (Å²) in [6.45, 7) is 6.52. The fourth-order valence-electron chi connectivity index (χ4n) is 2.64. The monoisotopic (exact) mass is 398 g/mol. The van der Waals surface area contributed by atoms with Crippen LogP contribution in [0.3, 0.4) is 0 Å². The highest BCUT2D eigenvalue weighted by Gasteiger charge is 2.21. The van der Waals surface area contributed by atoms with E-state index < -0.39 is 0 Å². The summed E-state index contributed by atoms with van der Waals surface area (Å²) in [5, 5.41) is 11.8. The minimum Gasteiger partial charge on any atom is -0.496 e. The number of hydrogen-bond acceptors (Lipinski definition) is 6. The van der Waals surface area contributed by atoms with E-state index in [0.29, 0.717) is 35.6 Å². The lowest BCUT2D eigenvalue weighted by Crippen LogP contribution is -2.30. The number of furan rings is 1. The summed E-state index contributed by atoms with van der Waals surface area (Å²) in [7, 11) is 1.62. The van der Waals surface area contributed by atoms with Gasteiger partial charge in [-0.15, -0.1) is 16.8 Å². The molecule has 1 N–H and O–H groups in total. The molecule has 0 unspecified atom stereocenters.